The third-order valence-electron chi connectivity index (χ3n) is 5.84. The molecule has 116 valence electrons. The minimum Gasteiger partial charge on any atom is -0.338 e. The Balaban J connectivity index is 1.36. The van der Waals surface area contributed by atoms with E-state index in [9.17, 15) is 0 Å². The van der Waals surface area contributed by atoms with Crippen LogP contribution in [0, 0.1) is 0 Å². The van der Waals surface area contributed by atoms with E-state index in [0.29, 0.717) is 12.0 Å². The second-order valence-corrected chi connectivity index (χ2v) is 7.13. The number of hydrogen-bond acceptors (Lipinski definition) is 5. The number of piperidine rings is 1. The van der Waals surface area contributed by atoms with Crippen LogP contribution in [0.15, 0.2) is 4.52 Å². The summed E-state index contributed by atoms with van der Waals surface area (Å²) in [6.45, 7) is 0.733. The Hall–Kier alpha value is -0.940. The first-order valence-corrected chi connectivity index (χ1v) is 8.57. The maximum absolute atomic E-state index is 5.46. The second kappa shape index (κ2) is 5.69. The minimum atomic E-state index is 0.502. The maximum Gasteiger partial charge on any atom is 0.240 e. The Morgan fingerprint density at radius 1 is 1.14 bits per heavy atom. The van der Waals surface area contributed by atoms with E-state index in [0.717, 1.165) is 30.3 Å². The molecule has 1 aliphatic carbocycles. The molecule has 21 heavy (non-hydrogen) atoms. The van der Waals surface area contributed by atoms with E-state index in [1.54, 1.807) is 0 Å². The molecule has 3 fully saturated rings. The van der Waals surface area contributed by atoms with Crippen LogP contribution < -0.4 is 5.32 Å². The number of nitrogens with one attached hydrogen (secondary N) is 1. The summed E-state index contributed by atoms with van der Waals surface area (Å²) in [4.78, 5) is 7.21. The lowest BCUT2D eigenvalue weighted by atomic mass is 9.90. The predicted molar refractivity (Wildman–Crippen MR) is 79.9 cm³/mol. The lowest BCUT2D eigenvalue weighted by molar-refractivity contribution is 0.157. The summed E-state index contributed by atoms with van der Waals surface area (Å²) in [5.74, 6) is 2.22. The van der Waals surface area contributed by atoms with Crippen LogP contribution in [-0.4, -0.2) is 40.2 Å². The smallest absolute Gasteiger partial charge is 0.240 e. The zero-order valence-corrected chi connectivity index (χ0v) is 12.9. The molecule has 0 spiro atoms. The second-order valence-electron chi connectivity index (χ2n) is 7.13. The van der Waals surface area contributed by atoms with Gasteiger partial charge in [0.25, 0.3) is 0 Å². The van der Waals surface area contributed by atoms with Crippen LogP contribution in [0.2, 0.25) is 0 Å². The molecule has 2 unspecified atom stereocenters. The topological polar surface area (TPSA) is 54.2 Å². The highest BCUT2D eigenvalue weighted by molar-refractivity contribution is 5.05. The number of fused-ring (bicyclic) bond motifs is 2. The van der Waals surface area contributed by atoms with E-state index < -0.39 is 0 Å². The number of hydrogen-bond donors (Lipinski definition) is 1. The fourth-order valence-corrected chi connectivity index (χ4v) is 4.49. The first-order valence-electron chi connectivity index (χ1n) is 8.57. The number of aromatic nitrogens is 2. The molecule has 2 bridgehead atoms. The van der Waals surface area contributed by atoms with Gasteiger partial charge in [0.15, 0.2) is 5.82 Å². The van der Waals surface area contributed by atoms with Gasteiger partial charge in [0.05, 0.1) is 6.54 Å². The maximum atomic E-state index is 5.46. The van der Waals surface area contributed by atoms with Gasteiger partial charge in [-0.3, -0.25) is 0 Å². The molecule has 0 radical (unpaired) electrons. The van der Waals surface area contributed by atoms with Crippen molar-refractivity contribution in [1.82, 2.24) is 20.4 Å². The Kier molecular flexibility index (Phi) is 3.71. The van der Waals surface area contributed by atoms with Gasteiger partial charge in [0.1, 0.15) is 0 Å². The third-order valence-corrected chi connectivity index (χ3v) is 5.84. The van der Waals surface area contributed by atoms with Gasteiger partial charge < -0.3 is 14.7 Å². The van der Waals surface area contributed by atoms with Crippen LogP contribution in [0.1, 0.15) is 69.0 Å². The van der Waals surface area contributed by atoms with Gasteiger partial charge in [-0.15, -0.1) is 0 Å². The SMILES string of the molecule is CN1C2CCC1CC(c1noc(CNC3CCCC3)n1)C2. The van der Waals surface area contributed by atoms with E-state index >= 15 is 0 Å². The van der Waals surface area contributed by atoms with Crippen molar-refractivity contribution in [2.45, 2.75) is 82.0 Å². The molecule has 2 saturated heterocycles. The lowest BCUT2D eigenvalue weighted by Crippen LogP contribution is -2.39. The molecule has 1 N–H and O–H groups in total. The van der Waals surface area contributed by atoms with Crippen LogP contribution in [0.3, 0.4) is 0 Å². The van der Waals surface area contributed by atoms with Gasteiger partial charge in [-0.2, -0.15) is 4.98 Å². The van der Waals surface area contributed by atoms with Crippen molar-refractivity contribution in [2.75, 3.05) is 7.05 Å². The van der Waals surface area contributed by atoms with E-state index in [-0.39, 0.29) is 0 Å². The summed E-state index contributed by atoms with van der Waals surface area (Å²) in [6.07, 6.45) is 10.4. The highest BCUT2D eigenvalue weighted by Crippen LogP contribution is 2.41. The quantitative estimate of drug-likeness (QED) is 0.923. The van der Waals surface area contributed by atoms with Crippen molar-refractivity contribution in [2.24, 2.45) is 0 Å². The predicted octanol–water partition coefficient (Wildman–Crippen LogP) is 2.44. The Morgan fingerprint density at radius 2 is 1.86 bits per heavy atom. The van der Waals surface area contributed by atoms with E-state index in [4.69, 9.17) is 4.52 Å². The molecule has 3 heterocycles. The third kappa shape index (κ3) is 2.73. The fourth-order valence-electron chi connectivity index (χ4n) is 4.49. The van der Waals surface area contributed by atoms with E-state index in [2.05, 4.69) is 27.4 Å². The van der Waals surface area contributed by atoms with Crippen LogP contribution >= 0.6 is 0 Å². The minimum absolute atomic E-state index is 0.502. The normalized spacial score (nSPS) is 33.9. The Bertz CT molecular complexity index is 468. The van der Waals surface area contributed by atoms with Crippen LogP contribution in [0.5, 0.6) is 0 Å². The van der Waals surface area contributed by atoms with Crippen LogP contribution in [0.25, 0.3) is 0 Å². The summed E-state index contributed by atoms with van der Waals surface area (Å²) in [7, 11) is 2.27. The summed E-state index contributed by atoms with van der Waals surface area (Å²) in [6, 6.07) is 2.11. The molecule has 2 aliphatic heterocycles. The summed E-state index contributed by atoms with van der Waals surface area (Å²) >= 11 is 0. The van der Waals surface area contributed by atoms with Crippen molar-refractivity contribution >= 4 is 0 Å². The average molecular weight is 290 g/mol. The standard InChI is InChI=1S/C16H26N4O/c1-20-13-6-7-14(20)9-11(8-13)16-18-15(21-19-16)10-17-12-4-2-3-5-12/h11-14,17H,2-10H2,1H3. The Labute approximate surface area is 126 Å². The number of rotatable bonds is 4. The van der Waals surface area contributed by atoms with Gasteiger partial charge in [-0.1, -0.05) is 18.0 Å². The van der Waals surface area contributed by atoms with E-state index in [1.807, 2.05) is 0 Å². The number of nitrogens with zero attached hydrogens (tertiary/aromatic N) is 3. The van der Waals surface area contributed by atoms with Gasteiger partial charge in [0, 0.05) is 24.0 Å². The lowest BCUT2D eigenvalue weighted by Gasteiger charge is -2.34. The first kappa shape index (κ1) is 13.7. The molecule has 4 rings (SSSR count). The molecule has 2 atom stereocenters. The molecule has 5 nitrogen and oxygen atoms in total. The largest absolute Gasteiger partial charge is 0.338 e. The molecule has 1 saturated carbocycles. The van der Waals surface area contributed by atoms with E-state index in [1.165, 1.54) is 51.4 Å². The highest BCUT2D eigenvalue weighted by atomic mass is 16.5. The van der Waals surface area contributed by atoms with Gasteiger partial charge in [0.2, 0.25) is 5.89 Å². The summed E-state index contributed by atoms with van der Waals surface area (Å²) in [5.41, 5.74) is 0. The molecule has 1 aromatic heterocycles. The molecular weight excluding hydrogens is 264 g/mol. The van der Waals surface area contributed by atoms with Gasteiger partial charge >= 0.3 is 0 Å². The van der Waals surface area contributed by atoms with Crippen molar-refractivity contribution in [3.05, 3.63) is 11.7 Å². The molecule has 0 amide bonds. The summed E-state index contributed by atoms with van der Waals surface area (Å²) < 4.78 is 5.46. The molecule has 5 heteroatoms. The molecule has 0 aromatic carbocycles. The van der Waals surface area contributed by atoms with Gasteiger partial charge in [-0.05, 0) is 45.6 Å². The van der Waals surface area contributed by atoms with Crippen LogP contribution in [0.4, 0.5) is 0 Å². The zero-order valence-electron chi connectivity index (χ0n) is 12.9. The molecular formula is C16H26N4O. The van der Waals surface area contributed by atoms with Crippen LogP contribution in [-0.2, 0) is 6.54 Å². The van der Waals surface area contributed by atoms with Gasteiger partial charge in [-0.25, -0.2) is 0 Å². The highest BCUT2D eigenvalue weighted by Gasteiger charge is 2.40. The summed E-state index contributed by atoms with van der Waals surface area (Å²) in [5, 5.41) is 7.81. The zero-order chi connectivity index (χ0) is 14.2. The van der Waals surface area contributed by atoms with Crippen molar-refractivity contribution in [3.63, 3.8) is 0 Å². The van der Waals surface area contributed by atoms with Crippen molar-refractivity contribution in [1.29, 1.82) is 0 Å². The first-order chi connectivity index (χ1) is 10.3. The van der Waals surface area contributed by atoms with Crippen molar-refractivity contribution in [3.8, 4) is 0 Å². The monoisotopic (exact) mass is 290 g/mol. The Morgan fingerprint density at radius 3 is 2.57 bits per heavy atom. The fraction of sp³-hybridized carbons (Fsp3) is 0.875. The average Bonchev–Trinajstić information content (AvgIpc) is 3.18. The molecule has 1 aromatic rings. The molecule has 3 aliphatic rings. The van der Waals surface area contributed by atoms with Crippen molar-refractivity contribution < 1.29 is 4.52 Å².